The Labute approximate surface area is 157 Å². The van der Waals surface area contributed by atoms with E-state index in [4.69, 9.17) is 0 Å². The summed E-state index contributed by atoms with van der Waals surface area (Å²) in [5.74, 6) is -0.221. The average molecular weight is 388 g/mol. The highest BCUT2D eigenvalue weighted by molar-refractivity contribution is 7.91. The summed E-state index contributed by atoms with van der Waals surface area (Å²) < 4.78 is 22.9. The fourth-order valence-corrected chi connectivity index (χ4v) is 4.46. The molecule has 1 aromatic carbocycles. The van der Waals surface area contributed by atoms with Gasteiger partial charge in [-0.05, 0) is 42.3 Å². The van der Waals surface area contributed by atoms with E-state index < -0.39 is 15.9 Å². The normalized spacial score (nSPS) is 17.9. The zero-order valence-electron chi connectivity index (χ0n) is 14.5. The molecule has 1 aliphatic rings. The largest absolute Gasteiger partial charge is 0.348 e. The highest BCUT2D eigenvalue weighted by Crippen LogP contribution is 2.13. The average Bonchev–Trinajstić information content (AvgIpc) is 2.99. The molecule has 3 N–H and O–H groups in total. The highest BCUT2D eigenvalue weighted by atomic mass is 32.2. The molecule has 142 valence electrons. The molecule has 3 rings (SSSR count). The first-order valence-corrected chi connectivity index (χ1v) is 10.3. The lowest BCUT2D eigenvalue weighted by Crippen LogP contribution is -2.38. The summed E-state index contributed by atoms with van der Waals surface area (Å²) in [5, 5.41) is 8.08. The third-order valence-corrected chi connectivity index (χ3v) is 5.92. The van der Waals surface area contributed by atoms with Crippen LogP contribution >= 0.6 is 0 Å². The van der Waals surface area contributed by atoms with E-state index in [-0.39, 0.29) is 23.5 Å². The first-order chi connectivity index (χ1) is 12.9. The number of nitrogens with one attached hydrogen (secondary N) is 3. The van der Waals surface area contributed by atoms with Crippen molar-refractivity contribution in [3.8, 4) is 0 Å². The second-order valence-corrected chi connectivity index (χ2v) is 8.55. The van der Waals surface area contributed by atoms with Gasteiger partial charge in [0.1, 0.15) is 0 Å². The quantitative estimate of drug-likeness (QED) is 0.714. The predicted molar refractivity (Wildman–Crippen MR) is 101 cm³/mol. The molecule has 0 unspecified atom stereocenters. The Hall–Kier alpha value is -2.94. The first kappa shape index (κ1) is 18.8. The van der Waals surface area contributed by atoms with Crippen LogP contribution in [0.25, 0.3) is 0 Å². The van der Waals surface area contributed by atoms with Gasteiger partial charge in [-0.15, -0.1) is 0 Å². The second kappa shape index (κ2) is 8.17. The monoisotopic (exact) mass is 388 g/mol. The number of hydrogen-bond acceptors (Lipinski definition) is 5. The number of carbonyl (C=O) groups excluding carboxylic acids is 2. The molecule has 2 aromatic rings. The standard InChI is InChI=1S/C18H20N4O4S/c23-17(20-11-13-4-7-19-8-5-13)14-2-1-3-15(10-14)21-18(24)22-16-6-9-27(25,26)12-16/h1-5,7-8,10,16H,6,9,11-12H2,(H,20,23)(H2,21,22,24)/t16-/m0/s1. The van der Waals surface area contributed by atoms with E-state index in [1.54, 1.807) is 36.7 Å². The van der Waals surface area contributed by atoms with Crippen LogP contribution in [0.15, 0.2) is 48.8 Å². The van der Waals surface area contributed by atoms with Gasteiger partial charge in [0.25, 0.3) is 5.91 Å². The lowest BCUT2D eigenvalue weighted by Gasteiger charge is -2.13. The minimum atomic E-state index is -3.06. The van der Waals surface area contributed by atoms with Gasteiger partial charge < -0.3 is 16.0 Å². The molecule has 0 aliphatic carbocycles. The SMILES string of the molecule is O=C(Nc1cccc(C(=O)NCc2ccncc2)c1)N[C@H]1CCS(=O)(=O)C1. The molecule has 1 aliphatic heterocycles. The summed E-state index contributed by atoms with van der Waals surface area (Å²) in [7, 11) is -3.06. The van der Waals surface area contributed by atoms with Gasteiger partial charge in [-0.1, -0.05) is 6.07 Å². The number of pyridine rings is 1. The summed E-state index contributed by atoms with van der Waals surface area (Å²) in [4.78, 5) is 28.3. The van der Waals surface area contributed by atoms with Crippen molar-refractivity contribution in [1.82, 2.24) is 15.6 Å². The number of aromatic nitrogens is 1. The minimum Gasteiger partial charge on any atom is -0.348 e. The van der Waals surface area contributed by atoms with Crippen molar-refractivity contribution in [3.05, 3.63) is 59.9 Å². The van der Waals surface area contributed by atoms with Crippen LogP contribution in [0, 0.1) is 0 Å². The van der Waals surface area contributed by atoms with Gasteiger partial charge in [0.05, 0.1) is 11.5 Å². The minimum absolute atomic E-state index is 0.0438. The summed E-state index contributed by atoms with van der Waals surface area (Å²) >= 11 is 0. The molecule has 1 atom stereocenters. The predicted octanol–water partition coefficient (Wildman–Crippen LogP) is 1.32. The zero-order chi connectivity index (χ0) is 19.3. The van der Waals surface area contributed by atoms with Gasteiger partial charge in [-0.25, -0.2) is 13.2 Å². The van der Waals surface area contributed by atoms with Crippen LogP contribution in [0.2, 0.25) is 0 Å². The molecule has 0 saturated carbocycles. The van der Waals surface area contributed by atoms with Crippen LogP contribution in [0.3, 0.4) is 0 Å². The van der Waals surface area contributed by atoms with E-state index in [1.165, 1.54) is 0 Å². The lowest BCUT2D eigenvalue weighted by atomic mass is 10.2. The number of urea groups is 1. The number of anilines is 1. The van der Waals surface area contributed by atoms with Crippen molar-refractivity contribution in [2.24, 2.45) is 0 Å². The molecular weight excluding hydrogens is 368 g/mol. The number of hydrogen-bond donors (Lipinski definition) is 3. The number of nitrogens with zero attached hydrogens (tertiary/aromatic N) is 1. The molecule has 1 fully saturated rings. The third-order valence-electron chi connectivity index (χ3n) is 4.15. The van der Waals surface area contributed by atoms with Gasteiger partial charge in [-0.3, -0.25) is 9.78 Å². The smallest absolute Gasteiger partial charge is 0.319 e. The Morgan fingerprint density at radius 3 is 2.63 bits per heavy atom. The maximum atomic E-state index is 12.3. The number of amides is 3. The summed E-state index contributed by atoms with van der Waals surface area (Å²) in [6.07, 6.45) is 3.72. The molecular formula is C18H20N4O4S. The molecule has 1 saturated heterocycles. The number of rotatable bonds is 5. The summed E-state index contributed by atoms with van der Waals surface area (Å²) in [5.41, 5.74) is 1.79. The summed E-state index contributed by atoms with van der Waals surface area (Å²) in [6, 6.07) is 9.27. The van der Waals surface area contributed by atoms with E-state index >= 15 is 0 Å². The van der Waals surface area contributed by atoms with E-state index in [9.17, 15) is 18.0 Å². The molecule has 2 heterocycles. The number of carbonyl (C=O) groups is 2. The Bertz CT molecular complexity index is 931. The van der Waals surface area contributed by atoms with E-state index in [2.05, 4.69) is 20.9 Å². The van der Waals surface area contributed by atoms with Crippen LogP contribution in [0.4, 0.5) is 10.5 Å². The van der Waals surface area contributed by atoms with Crippen molar-refractivity contribution >= 4 is 27.5 Å². The molecule has 1 aromatic heterocycles. The topological polar surface area (TPSA) is 117 Å². The Morgan fingerprint density at radius 2 is 1.93 bits per heavy atom. The van der Waals surface area contributed by atoms with Crippen LogP contribution < -0.4 is 16.0 Å². The Kier molecular flexibility index (Phi) is 5.70. The van der Waals surface area contributed by atoms with Gasteiger partial charge in [0.15, 0.2) is 9.84 Å². The maximum Gasteiger partial charge on any atom is 0.319 e. The van der Waals surface area contributed by atoms with E-state index in [0.717, 1.165) is 5.56 Å². The van der Waals surface area contributed by atoms with Crippen molar-refractivity contribution in [2.75, 3.05) is 16.8 Å². The maximum absolute atomic E-state index is 12.3. The van der Waals surface area contributed by atoms with E-state index in [0.29, 0.717) is 24.2 Å². The second-order valence-electron chi connectivity index (χ2n) is 6.32. The third kappa shape index (κ3) is 5.52. The first-order valence-electron chi connectivity index (χ1n) is 8.46. The van der Waals surface area contributed by atoms with Crippen LogP contribution in [-0.2, 0) is 16.4 Å². The van der Waals surface area contributed by atoms with Crippen molar-refractivity contribution in [2.45, 2.75) is 19.0 Å². The van der Waals surface area contributed by atoms with Crippen molar-refractivity contribution in [3.63, 3.8) is 0 Å². The lowest BCUT2D eigenvalue weighted by molar-refractivity contribution is 0.0951. The molecule has 8 nitrogen and oxygen atoms in total. The summed E-state index contributed by atoms with van der Waals surface area (Å²) in [6.45, 7) is 0.371. The van der Waals surface area contributed by atoms with Gasteiger partial charge in [0, 0.05) is 36.2 Å². The zero-order valence-corrected chi connectivity index (χ0v) is 15.3. The molecule has 0 bridgehead atoms. The fourth-order valence-electron chi connectivity index (χ4n) is 2.78. The molecule has 0 radical (unpaired) electrons. The number of sulfone groups is 1. The van der Waals surface area contributed by atoms with E-state index in [1.807, 2.05) is 12.1 Å². The highest BCUT2D eigenvalue weighted by Gasteiger charge is 2.28. The van der Waals surface area contributed by atoms with Gasteiger partial charge >= 0.3 is 6.03 Å². The Balaban J connectivity index is 1.55. The number of benzene rings is 1. The van der Waals surface area contributed by atoms with Crippen LogP contribution in [-0.4, -0.2) is 42.9 Å². The van der Waals surface area contributed by atoms with Gasteiger partial charge in [-0.2, -0.15) is 0 Å². The molecule has 0 spiro atoms. The molecule has 27 heavy (non-hydrogen) atoms. The van der Waals surface area contributed by atoms with Crippen molar-refractivity contribution < 1.29 is 18.0 Å². The van der Waals surface area contributed by atoms with Crippen LogP contribution in [0.5, 0.6) is 0 Å². The van der Waals surface area contributed by atoms with Crippen molar-refractivity contribution in [1.29, 1.82) is 0 Å². The van der Waals surface area contributed by atoms with Crippen LogP contribution in [0.1, 0.15) is 22.3 Å². The fraction of sp³-hybridized carbons (Fsp3) is 0.278. The Morgan fingerprint density at radius 1 is 1.15 bits per heavy atom. The molecule has 3 amide bonds. The molecule has 9 heteroatoms. The van der Waals surface area contributed by atoms with Gasteiger partial charge in [0.2, 0.25) is 0 Å².